The van der Waals surface area contributed by atoms with Crippen molar-refractivity contribution in [3.63, 3.8) is 0 Å². The molecule has 4 nitrogen and oxygen atoms in total. The van der Waals surface area contributed by atoms with E-state index in [2.05, 4.69) is 22.4 Å². The Bertz CT molecular complexity index is 619. The minimum atomic E-state index is -0.377. The van der Waals surface area contributed by atoms with E-state index in [9.17, 15) is 4.79 Å². The lowest BCUT2D eigenvalue weighted by molar-refractivity contribution is -0.124. The SMILES string of the molecule is CCCc1nnc(NC(=O)C2(c3ccccc3)CCC2)s1. The predicted molar refractivity (Wildman–Crippen MR) is 84.5 cm³/mol. The van der Waals surface area contributed by atoms with Crippen LogP contribution >= 0.6 is 11.3 Å². The largest absolute Gasteiger partial charge is 0.300 e. The summed E-state index contributed by atoms with van der Waals surface area (Å²) in [6.07, 6.45) is 4.86. The van der Waals surface area contributed by atoms with Crippen molar-refractivity contribution in [1.29, 1.82) is 0 Å². The summed E-state index contributed by atoms with van der Waals surface area (Å²) < 4.78 is 0. The molecule has 1 aliphatic carbocycles. The van der Waals surface area contributed by atoms with Gasteiger partial charge in [-0.05, 0) is 24.8 Å². The first-order chi connectivity index (χ1) is 10.2. The number of aromatic nitrogens is 2. The van der Waals surface area contributed by atoms with Crippen LogP contribution in [-0.2, 0) is 16.6 Å². The molecule has 1 fully saturated rings. The van der Waals surface area contributed by atoms with Crippen molar-refractivity contribution in [3.8, 4) is 0 Å². The van der Waals surface area contributed by atoms with E-state index in [0.29, 0.717) is 5.13 Å². The molecule has 0 spiro atoms. The number of anilines is 1. The number of hydrogen-bond donors (Lipinski definition) is 1. The molecule has 21 heavy (non-hydrogen) atoms. The summed E-state index contributed by atoms with van der Waals surface area (Å²) in [7, 11) is 0. The average Bonchev–Trinajstić information content (AvgIpc) is 2.86. The summed E-state index contributed by atoms with van der Waals surface area (Å²) >= 11 is 1.48. The van der Waals surface area contributed by atoms with Crippen LogP contribution in [0.4, 0.5) is 5.13 Å². The fourth-order valence-corrected chi connectivity index (χ4v) is 3.61. The zero-order chi connectivity index (χ0) is 14.7. The summed E-state index contributed by atoms with van der Waals surface area (Å²) in [5, 5.41) is 12.8. The Balaban J connectivity index is 1.77. The number of carbonyl (C=O) groups excluding carboxylic acids is 1. The Morgan fingerprint density at radius 2 is 2.05 bits per heavy atom. The van der Waals surface area contributed by atoms with Gasteiger partial charge in [-0.15, -0.1) is 10.2 Å². The molecule has 1 saturated carbocycles. The quantitative estimate of drug-likeness (QED) is 0.919. The Hall–Kier alpha value is -1.75. The van der Waals surface area contributed by atoms with Crippen molar-refractivity contribution >= 4 is 22.4 Å². The van der Waals surface area contributed by atoms with E-state index in [4.69, 9.17) is 0 Å². The lowest BCUT2D eigenvalue weighted by atomic mass is 9.64. The molecule has 0 saturated heterocycles. The molecule has 0 unspecified atom stereocenters. The molecule has 0 bridgehead atoms. The van der Waals surface area contributed by atoms with Crippen LogP contribution in [0.15, 0.2) is 30.3 Å². The van der Waals surface area contributed by atoms with Crippen LogP contribution in [0.1, 0.15) is 43.2 Å². The highest BCUT2D eigenvalue weighted by Gasteiger charge is 2.45. The monoisotopic (exact) mass is 301 g/mol. The fourth-order valence-electron chi connectivity index (χ4n) is 2.77. The molecule has 5 heteroatoms. The first kappa shape index (κ1) is 14.2. The molecule has 0 radical (unpaired) electrons. The van der Waals surface area contributed by atoms with Gasteiger partial charge in [0, 0.05) is 6.42 Å². The van der Waals surface area contributed by atoms with Crippen LogP contribution in [-0.4, -0.2) is 16.1 Å². The summed E-state index contributed by atoms with van der Waals surface area (Å²) in [5.41, 5.74) is 0.727. The van der Waals surface area contributed by atoms with Crippen molar-refractivity contribution in [3.05, 3.63) is 40.9 Å². The van der Waals surface area contributed by atoms with E-state index in [1.807, 2.05) is 30.3 Å². The molecule has 3 rings (SSSR count). The van der Waals surface area contributed by atoms with Gasteiger partial charge in [0.15, 0.2) is 0 Å². The highest BCUT2D eigenvalue weighted by molar-refractivity contribution is 7.15. The molecule has 1 aromatic carbocycles. The van der Waals surface area contributed by atoms with Crippen LogP contribution < -0.4 is 5.32 Å². The Kier molecular flexibility index (Phi) is 4.01. The van der Waals surface area contributed by atoms with E-state index in [-0.39, 0.29) is 11.3 Å². The molecule has 2 aromatic rings. The number of hydrogen-bond acceptors (Lipinski definition) is 4. The third kappa shape index (κ3) is 2.70. The molecule has 110 valence electrons. The zero-order valence-electron chi connectivity index (χ0n) is 12.1. The second-order valence-electron chi connectivity index (χ2n) is 5.51. The molecule has 0 aliphatic heterocycles. The van der Waals surface area contributed by atoms with E-state index in [0.717, 1.165) is 42.7 Å². The standard InChI is InChI=1S/C16H19N3OS/c1-2-7-13-18-19-15(21-13)17-14(20)16(10-6-11-16)12-8-4-3-5-9-12/h3-5,8-9H,2,6-7,10-11H2,1H3,(H,17,19,20). The van der Waals surface area contributed by atoms with Crippen LogP contribution in [0, 0.1) is 0 Å². The van der Waals surface area contributed by atoms with Gasteiger partial charge in [-0.2, -0.15) is 0 Å². The molecule has 1 amide bonds. The minimum Gasteiger partial charge on any atom is -0.300 e. The van der Waals surface area contributed by atoms with E-state index in [1.165, 1.54) is 11.3 Å². The van der Waals surface area contributed by atoms with Gasteiger partial charge < -0.3 is 0 Å². The molecular formula is C16H19N3OS. The van der Waals surface area contributed by atoms with Gasteiger partial charge in [0.05, 0.1) is 5.41 Å². The minimum absolute atomic E-state index is 0.0548. The smallest absolute Gasteiger partial charge is 0.236 e. The maximum Gasteiger partial charge on any atom is 0.236 e. The average molecular weight is 301 g/mol. The van der Waals surface area contributed by atoms with Crippen LogP contribution in [0.5, 0.6) is 0 Å². The molecule has 1 aliphatic rings. The number of rotatable bonds is 5. The van der Waals surface area contributed by atoms with Gasteiger partial charge >= 0.3 is 0 Å². The first-order valence-electron chi connectivity index (χ1n) is 7.44. The van der Waals surface area contributed by atoms with Gasteiger partial charge in [0.2, 0.25) is 11.0 Å². The molecule has 1 N–H and O–H groups in total. The molecule has 0 atom stereocenters. The van der Waals surface area contributed by atoms with E-state index < -0.39 is 0 Å². The van der Waals surface area contributed by atoms with Gasteiger partial charge in [0.25, 0.3) is 0 Å². The maximum atomic E-state index is 12.7. The van der Waals surface area contributed by atoms with Gasteiger partial charge in [0.1, 0.15) is 5.01 Å². The summed E-state index contributed by atoms with van der Waals surface area (Å²) in [4.78, 5) is 12.7. The predicted octanol–water partition coefficient (Wildman–Crippen LogP) is 3.55. The van der Waals surface area contributed by atoms with Crippen molar-refractivity contribution in [2.75, 3.05) is 5.32 Å². The van der Waals surface area contributed by atoms with Crippen molar-refractivity contribution in [1.82, 2.24) is 10.2 Å². The van der Waals surface area contributed by atoms with Crippen LogP contribution in [0.2, 0.25) is 0 Å². The van der Waals surface area contributed by atoms with Crippen LogP contribution in [0.3, 0.4) is 0 Å². The second kappa shape index (κ2) is 5.93. The maximum absolute atomic E-state index is 12.7. The van der Waals surface area contributed by atoms with E-state index >= 15 is 0 Å². The lowest BCUT2D eigenvalue weighted by Gasteiger charge is -2.40. The number of aryl methyl sites for hydroxylation is 1. The van der Waals surface area contributed by atoms with Crippen molar-refractivity contribution in [2.24, 2.45) is 0 Å². The number of nitrogens with zero attached hydrogens (tertiary/aromatic N) is 2. The summed E-state index contributed by atoms with van der Waals surface area (Å²) in [6, 6.07) is 10.1. The third-order valence-corrected chi connectivity index (χ3v) is 5.02. The molecule has 1 heterocycles. The number of nitrogens with one attached hydrogen (secondary N) is 1. The number of benzene rings is 1. The van der Waals surface area contributed by atoms with Crippen LogP contribution in [0.25, 0.3) is 0 Å². The highest BCUT2D eigenvalue weighted by atomic mass is 32.1. The third-order valence-electron chi connectivity index (χ3n) is 4.12. The Labute approximate surface area is 128 Å². The van der Waals surface area contributed by atoms with E-state index in [1.54, 1.807) is 0 Å². The van der Waals surface area contributed by atoms with Gasteiger partial charge in [-0.25, -0.2) is 0 Å². The second-order valence-corrected chi connectivity index (χ2v) is 6.57. The number of amides is 1. The fraction of sp³-hybridized carbons (Fsp3) is 0.438. The first-order valence-corrected chi connectivity index (χ1v) is 8.25. The Morgan fingerprint density at radius 1 is 1.29 bits per heavy atom. The van der Waals surface area contributed by atoms with Crippen molar-refractivity contribution in [2.45, 2.75) is 44.4 Å². The number of carbonyl (C=O) groups is 1. The van der Waals surface area contributed by atoms with Crippen molar-refractivity contribution < 1.29 is 4.79 Å². The highest BCUT2D eigenvalue weighted by Crippen LogP contribution is 2.44. The molecule has 1 aromatic heterocycles. The lowest BCUT2D eigenvalue weighted by Crippen LogP contribution is -2.45. The Morgan fingerprint density at radius 3 is 2.67 bits per heavy atom. The summed E-state index contributed by atoms with van der Waals surface area (Å²) in [5.74, 6) is 0.0548. The molecular weight excluding hydrogens is 282 g/mol. The topological polar surface area (TPSA) is 54.9 Å². The van der Waals surface area contributed by atoms with Gasteiger partial charge in [-0.1, -0.05) is 55.0 Å². The normalized spacial score (nSPS) is 16.2. The zero-order valence-corrected chi connectivity index (χ0v) is 12.9. The summed E-state index contributed by atoms with van der Waals surface area (Å²) in [6.45, 7) is 2.11. The van der Waals surface area contributed by atoms with Gasteiger partial charge in [-0.3, -0.25) is 10.1 Å².